The van der Waals surface area contributed by atoms with Crippen molar-refractivity contribution >= 4 is 17.5 Å². The van der Waals surface area contributed by atoms with Crippen molar-refractivity contribution in [3.05, 3.63) is 65.7 Å². The van der Waals surface area contributed by atoms with E-state index in [1.165, 1.54) is 17.0 Å². The van der Waals surface area contributed by atoms with Crippen LogP contribution in [0, 0.1) is 5.92 Å². The first-order valence-electron chi connectivity index (χ1n) is 9.77. The van der Waals surface area contributed by atoms with E-state index >= 15 is 0 Å². The van der Waals surface area contributed by atoms with Gasteiger partial charge in [-0.15, -0.1) is 0 Å². The first-order valence-corrected chi connectivity index (χ1v) is 9.77. The van der Waals surface area contributed by atoms with E-state index in [9.17, 15) is 22.8 Å². The molecule has 5 nitrogen and oxygen atoms in total. The fraction of sp³-hybridized carbons (Fsp3) is 0.364. The summed E-state index contributed by atoms with van der Waals surface area (Å²) in [4.78, 5) is 27.5. The molecule has 160 valence electrons. The molecule has 1 saturated heterocycles. The summed E-state index contributed by atoms with van der Waals surface area (Å²) in [6, 6.07) is 14.5. The molecule has 2 N–H and O–H groups in total. The van der Waals surface area contributed by atoms with Crippen LogP contribution >= 0.6 is 0 Å². The zero-order valence-corrected chi connectivity index (χ0v) is 16.9. The third kappa shape index (κ3) is 4.99. The summed E-state index contributed by atoms with van der Waals surface area (Å²) in [6.07, 6.45) is -4.51. The standard InChI is InChI=1S/C22H24F3N3O2/c1-27(2)19(15-7-4-3-5-8-15)13-26-21(30)16-11-20(29)28(14-16)18-10-6-9-17(12-18)22(23,24)25/h3-10,12,16,19H,11,13-14H2,1-2H3,(H,26,30)/p+1/t16-,19+/m1/s1. The van der Waals surface area contributed by atoms with Gasteiger partial charge in [0.2, 0.25) is 11.8 Å². The molecule has 2 atom stereocenters. The van der Waals surface area contributed by atoms with Crippen LogP contribution in [0.25, 0.3) is 0 Å². The van der Waals surface area contributed by atoms with Gasteiger partial charge in [-0.05, 0) is 18.2 Å². The van der Waals surface area contributed by atoms with Crippen LogP contribution in [0.2, 0.25) is 0 Å². The molecule has 2 amide bonds. The van der Waals surface area contributed by atoms with Gasteiger partial charge in [-0.3, -0.25) is 9.59 Å². The van der Waals surface area contributed by atoms with Gasteiger partial charge in [0.05, 0.1) is 32.1 Å². The number of hydrogen-bond acceptors (Lipinski definition) is 2. The fourth-order valence-corrected chi connectivity index (χ4v) is 3.67. The molecule has 1 aliphatic rings. The number of carbonyl (C=O) groups is 2. The Labute approximate surface area is 173 Å². The van der Waals surface area contributed by atoms with Crippen molar-refractivity contribution < 1.29 is 27.7 Å². The molecule has 0 spiro atoms. The van der Waals surface area contributed by atoms with Gasteiger partial charge < -0.3 is 15.1 Å². The molecule has 0 aromatic heterocycles. The largest absolute Gasteiger partial charge is 0.416 e. The van der Waals surface area contributed by atoms with Crippen molar-refractivity contribution in [1.82, 2.24) is 5.32 Å². The Hall–Kier alpha value is -2.87. The first kappa shape index (κ1) is 21.8. The van der Waals surface area contributed by atoms with E-state index in [0.29, 0.717) is 6.54 Å². The van der Waals surface area contributed by atoms with Crippen molar-refractivity contribution in [2.45, 2.75) is 18.6 Å². The maximum Gasteiger partial charge on any atom is 0.416 e. The molecule has 2 aromatic rings. The van der Waals surface area contributed by atoms with Crippen LogP contribution in [0.4, 0.5) is 18.9 Å². The molecular formula is C22H25F3N3O2+. The van der Waals surface area contributed by atoms with Gasteiger partial charge >= 0.3 is 6.18 Å². The maximum absolute atomic E-state index is 13.0. The van der Waals surface area contributed by atoms with E-state index in [2.05, 4.69) is 5.32 Å². The lowest BCUT2D eigenvalue weighted by atomic mass is 10.0. The van der Waals surface area contributed by atoms with Crippen LogP contribution in [-0.4, -0.2) is 39.0 Å². The highest BCUT2D eigenvalue weighted by atomic mass is 19.4. The van der Waals surface area contributed by atoms with E-state index in [0.717, 1.165) is 22.6 Å². The maximum atomic E-state index is 13.0. The molecule has 0 radical (unpaired) electrons. The molecule has 0 saturated carbocycles. The predicted octanol–water partition coefficient (Wildman–Crippen LogP) is 2.06. The number of quaternary nitrogens is 1. The molecular weight excluding hydrogens is 395 g/mol. The lowest BCUT2D eigenvalue weighted by Crippen LogP contribution is -3.07. The highest BCUT2D eigenvalue weighted by molar-refractivity contribution is 6.00. The number of rotatable bonds is 6. The van der Waals surface area contributed by atoms with Crippen molar-refractivity contribution in [3.8, 4) is 0 Å². The Balaban J connectivity index is 1.65. The number of nitrogens with zero attached hydrogens (tertiary/aromatic N) is 1. The van der Waals surface area contributed by atoms with E-state index in [1.807, 2.05) is 44.4 Å². The molecule has 3 rings (SSSR count). The van der Waals surface area contributed by atoms with Crippen LogP contribution in [0.1, 0.15) is 23.6 Å². The second-order valence-corrected chi connectivity index (χ2v) is 7.74. The van der Waals surface area contributed by atoms with Crippen LogP contribution in [0.3, 0.4) is 0 Å². The highest BCUT2D eigenvalue weighted by Gasteiger charge is 2.37. The average molecular weight is 420 g/mol. The Morgan fingerprint density at radius 1 is 1.17 bits per heavy atom. The van der Waals surface area contributed by atoms with Gasteiger partial charge in [-0.25, -0.2) is 0 Å². The van der Waals surface area contributed by atoms with Gasteiger partial charge in [0.1, 0.15) is 6.04 Å². The van der Waals surface area contributed by atoms with Crippen LogP contribution in [0.15, 0.2) is 54.6 Å². The summed E-state index contributed by atoms with van der Waals surface area (Å²) in [5.41, 5.74) is 0.427. The van der Waals surface area contributed by atoms with Crippen molar-refractivity contribution in [2.75, 3.05) is 32.1 Å². The fourth-order valence-electron chi connectivity index (χ4n) is 3.67. The molecule has 2 aromatic carbocycles. The lowest BCUT2D eigenvalue weighted by Gasteiger charge is -2.23. The number of benzene rings is 2. The van der Waals surface area contributed by atoms with E-state index in [4.69, 9.17) is 0 Å². The van der Waals surface area contributed by atoms with Crippen LogP contribution < -0.4 is 15.1 Å². The molecule has 8 heteroatoms. The zero-order valence-electron chi connectivity index (χ0n) is 16.9. The molecule has 0 bridgehead atoms. The summed E-state index contributed by atoms with van der Waals surface area (Å²) < 4.78 is 38.9. The molecule has 0 aliphatic carbocycles. The highest BCUT2D eigenvalue weighted by Crippen LogP contribution is 2.33. The second kappa shape index (κ2) is 8.87. The number of likely N-dealkylation sites (N-methyl/N-ethyl adjacent to an activating group) is 1. The summed E-state index contributed by atoms with van der Waals surface area (Å²) >= 11 is 0. The first-order chi connectivity index (χ1) is 14.2. The van der Waals surface area contributed by atoms with E-state index < -0.39 is 17.7 Å². The molecule has 0 unspecified atom stereocenters. The number of amides is 2. The van der Waals surface area contributed by atoms with Crippen LogP contribution in [0.5, 0.6) is 0 Å². The Kier molecular flexibility index (Phi) is 6.45. The molecule has 30 heavy (non-hydrogen) atoms. The average Bonchev–Trinajstić information content (AvgIpc) is 3.10. The number of anilines is 1. The number of halogens is 3. The van der Waals surface area contributed by atoms with Crippen LogP contribution in [-0.2, 0) is 15.8 Å². The minimum absolute atomic E-state index is 0.0209. The molecule has 1 fully saturated rings. The summed E-state index contributed by atoms with van der Waals surface area (Å²) in [6.45, 7) is 0.468. The van der Waals surface area contributed by atoms with Gasteiger partial charge in [0.25, 0.3) is 0 Å². The SMILES string of the molecule is C[NH+](C)[C@@H](CNC(=O)[C@@H]1CC(=O)N(c2cccc(C(F)(F)F)c2)C1)c1ccccc1. The normalized spacial score (nSPS) is 18.0. The minimum atomic E-state index is -4.49. The Morgan fingerprint density at radius 3 is 2.50 bits per heavy atom. The van der Waals surface area contributed by atoms with Crippen molar-refractivity contribution in [1.29, 1.82) is 0 Å². The Morgan fingerprint density at radius 2 is 1.87 bits per heavy atom. The third-order valence-corrected chi connectivity index (χ3v) is 5.36. The van der Waals surface area contributed by atoms with Gasteiger partial charge in [0.15, 0.2) is 0 Å². The van der Waals surface area contributed by atoms with Gasteiger partial charge in [0, 0.05) is 24.2 Å². The van der Waals surface area contributed by atoms with Gasteiger partial charge in [-0.1, -0.05) is 36.4 Å². The number of carbonyl (C=O) groups excluding carboxylic acids is 2. The summed E-state index contributed by atoms with van der Waals surface area (Å²) in [7, 11) is 4.00. The number of nitrogens with one attached hydrogen (secondary N) is 2. The minimum Gasteiger partial charge on any atom is -0.349 e. The van der Waals surface area contributed by atoms with E-state index in [-0.39, 0.29) is 36.5 Å². The number of hydrogen-bond donors (Lipinski definition) is 2. The van der Waals surface area contributed by atoms with Crippen molar-refractivity contribution in [3.63, 3.8) is 0 Å². The molecule has 1 aliphatic heterocycles. The quantitative estimate of drug-likeness (QED) is 0.752. The third-order valence-electron chi connectivity index (χ3n) is 5.36. The van der Waals surface area contributed by atoms with Crippen molar-refractivity contribution in [2.24, 2.45) is 5.92 Å². The number of alkyl halides is 3. The van der Waals surface area contributed by atoms with Gasteiger partial charge in [-0.2, -0.15) is 13.2 Å². The smallest absolute Gasteiger partial charge is 0.349 e. The monoisotopic (exact) mass is 420 g/mol. The molecule has 1 heterocycles. The summed E-state index contributed by atoms with van der Waals surface area (Å²) in [5, 5.41) is 2.91. The topological polar surface area (TPSA) is 53.9 Å². The van der Waals surface area contributed by atoms with E-state index in [1.54, 1.807) is 0 Å². The Bertz CT molecular complexity index is 900. The predicted molar refractivity (Wildman–Crippen MR) is 107 cm³/mol. The summed E-state index contributed by atoms with van der Waals surface area (Å²) in [5.74, 6) is -1.21. The second-order valence-electron chi connectivity index (χ2n) is 7.74. The lowest BCUT2D eigenvalue weighted by molar-refractivity contribution is -0.890. The zero-order chi connectivity index (χ0) is 21.9.